The molecule has 0 spiro atoms. The van der Waals surface area contributed by atoms with Gasteiger partial charge in [-0.15, -0.1) is 0 Å². The Bertz CT molecular complexity index is 1260. The average molecular weight is 481 g/mol. The zero-order chi connectivity index (χ0) is 24.1. The monoisotopic (exact) mass is 480 g/mol. The van der Waals surface area contributed by atoms with Crippen LogP contribution in [0.5, 0.6) is 0 Å². The van der Waals surface area contributed by atoms with E-state index in [1.54, 1.807) is 6.92 Å². The lowest BCUT2D eigenvalue weighted by atomic mass is 9.99. The van der Waals surface area contributed by atoms with Gasteiger partial charge in [0.05, 0.1) is 21.8 Å². The van der Waals surface area contributed by atoms with E-state index in [1.807, 2.05) is 4.90 Å². The van der Waals surface area contributed by atoms with Crippen molar-refractivity contribution in [1.82, 2.24) is 19.9 Å². The van der Waals surface area contributed by atoms with E-state index in [-0.39, 0.29) is 27.7 Å². The van der Waals surface area contributed by atoms with Gasteiger partial charge in [-0.2, -0.15) is 13.2 Å². The lowest BCUT2D eigenvalue weighted by Crippen LogP contribution is -2.48. The number of rotatable bonds is 2. The van der Waals surface area contributed by atoms with Crippen LogP contribution in [0.1, 0.15) is 17.0 Å². The van der Waals surface area contributed by atoms with Crippen LogP contribution in [0.15, 0.2) is 18.2 Å². The molecule has 1 aromatic carbocycles. The van der Waals surface area contributed by atoms with E-state index in [0.29, 0.717) is 48.7 Å². The van der Waals surface area contributed by atoms with Crippen LogP contribution >= 0.6 is 11.6 Å². The second-order valence-electron chi connectivity index (χ2n) is 7.79. The highest BCUT2D eigenvalue weighted by Crippen LogP contribution is 2.42. The van der Waals surface area contributed by atoms with Gasteiger partial charge in [-0.3, -0.25) is 0 Å². The Morgan fingerprint density at radius 3 is 2.36 bits per heavy atom. The van der Waals surface area contributed by atoms with Crippen molar-refractivity contribution in [3.63, 3.8) is 0 Å². The van der Waals surface area contributed by atoms with Crippen LogP contribution in [0, 0.1) is 13.8 Å². The molecule has 33 heavy (non-hydrogen) atoms. The molecule has 3 heterocycles. The summed E-state index contributed by atoms with van der Waals surface area (Å²) in [6.07, 6.45) is -5.65. The number of carboxylic acid groups (broad SMARTS) is 1. The summed E-state index contributed by atoms with van der Waals surface area (Å²) in [6.45, 7) is 4.41. The molecule has 8 nitrogen and oxygen atoms in total. The number of fused-ring (bicyclic) bond motifs is 1. The fourth-order valence-corrected chi connectivity index (χ4v) is 4.28. The number of anilines is 2. The van der Waals surface area contributed by atoms with Crippen LogP contribution in [0.3, 0.4) is 0 Å². The van der Waals surface area contributed by atoms with E-state index in [2.05, 4.69) is 15.0 Å². The third-order valence-corrected chi connectivity index (χ3v) is 5.81. The normalized spacial score (nSPS) is 14.7. The molecular formula is C21H20ClF3N6O2. The number of halogens is 4. The maximum atomic E-state index is 13.8. The van der Waals surface area contributed by atoms with E-state index < -0.39 is 17.8 Å². The number of hydrogen-bond acceptors (Lipinski definition) is 6. The first kappa shape index (κ1) is 22.8. The molecule has 0 bridgehead atoms. The second-order valence-corrected chi connectivity index (χ2v) is 8.19. The number of pyridine rings is 1. The van der Waals surface area contributed by atoms with Crippen LogP contribution in [-0.4, -0.2) is 57.2 Å². The lowest BCUT2D eigenvalue weighted by Gasteiger charge is -2.34. The van der Waals surface area contributed by atoms with Crippen molar-refractivity contribution >= 4 is 40.2 Å². The van der Waals surface area contributed by atoms with Gasteiger partial charge in [0.2, 0.25) is 0 Å². The number of nitrogens with two attached hydrogens (primary N) is 1. The minimum absolute atomic E-state index is 0.0448. The molecule has 12 heteroatoms. The van der Waals surface area contributed by atoms with Gasteiger partial charge >= 0.3 is 12.3 Å². The van der Waals surface area contributed by atoms with Gasteiger partial charge in [0, 0.05) is 37.1 Å². The number of nitrogen functional groups attached to an aromatic ring is 1. The Balaban J connectivity index is 1.86. The Hall–Kier alpha value is -3.34. The summed E-state index contributed by atoms with van der Waals surface area (Å²) in [5.74, 6) is 0.908. The smallest absolute Gasteiger partial charge is 0.418 e. The lowest BCUT2D eigenvalue weighted by molar-refractivity contribution is -0.137. The number of aryl methyl sites for hydroxylation is 2. The Labute approximate surface area is 191 Å². The summed E-state index contributed by atoms with van der Waals surface area (Å²) in [6, 6.07) is 4.15. The van der Waals surface area contributed by atoms with Crippen LogP contribution in [0.2, 0.25) is 5.02 Å². The number of nitrogens with zero attached hydrogens (tertiary/aromatic N) is 5. The summed E-state index contributed by atoms with van der Waals surface area (Å²) >= 11 is 6.47. The summed E-state index contributed by atoms with van der Waals surface area (Å²) in [5, 5.41) is 9.77. The zero-order valence-corrected chi connectivity index (χ0v) is 18.5. The maximum Gasteiger partial charge on any atom is 0.418 e. The third kappa shape index (κ3) is 4.32. The fourth-order valence-electron chi connectivity index (χ4n) is 4.03. The minimum atomic E-state index is -4.66. The first-order valence-electron chi connectivity index (χ1n) is 10.0. The quantitative estimate of drug-likeness (QED) is 0.560. The Kier molecular flexibility index (Phi) is 5.69. The van der Waals surface area contributed by atoms with Gasteiger partial charge in [-0.05, 0) is 37.6 Å². The molecule has 1 fully saturated rings. The van der Waals surface area contributed by atoms with Crippen LogP contribution in [-0.2, 0) is 6.18 Å². The highest BCUT2D eigenvalue weighted by molar-refractivity contribution is 6.34. The largest absolute Gasteiger partial charge is 0.465 e. The van der Waals surface area contributed by atoms with E-state index in [0.717, 1.165) is 0 Å². The highest BCUT2D eigenvalue weighted by Gasteiger charge is 2.37. The highest BCUT2D eigenvalue weighted by atomic mass is 35.5. The van der Waals surface area contributed by atoms with Crippen LogP contribution in [0.4, 0.5) is 29.6 Å². The van der Waals surface area contributed by atoms with Crippen LogP contribution < -0.4 is 10.6 Å². The molecule has 1 saturated heterocycles. The summed E-state index contributed by atoms with van der Waals surface area (Å²) in [4.78, 5) is 27.3. The summed E-state index contributed by atoms with van der Waals surface area (Å²) in [7, 11) is 0. The van der Waals surface area contributed by atoms with E-state index >= 15 is 0 Å². The number of aromatic nitrogens is 3. The molecule has 0 radical (unpaired) electrons. The molecular weight excluding hydrogens is 461 g/mol. The predicted molar refractivity (Wildman–Crippen MR) is 118 cm³/mol. The number of amides is 1. The molecule has 3 N–H and O–H groups in total. The van der Waals surface area contributed by atoms with Gasteiger partial charge < -0.3 is 20.6 Å². The van der Waals surface area contributed by atoms with Crippen molar-refractivity contribution in [3.8, 4) is 11.3 Å². The zero-order valence-electron chi connectivity index (χ0n) is 17.7. The first-order chi connectivity index (χ1) is 15.5. The summed E-state index contributed by atoms with van der Waals surface area (Å²) < 4.78 is 41.5. The van der Waals surface area contributed by atoms with Crippen molar-refractivity contribution in [2.24, 2.45) is 0 Å². The van der Waals surface area contributed by atoms with Crippen molar-refractivity contribution in [3.05, 3.63) is 40.2 Å². The number of hydrogen-bond donors (Lipinski definition) is 2. The van der Waals surface area contributed by atoms with Crippen molar-refractivity contribution in [2.45, 2.75) is 20.0 Å². The van der Waals surface area contributed by atoms with Crippen molar-refractivity contribution in [1.29, 1.82) is 0 Å². The van der Waals surface area contributed by atoms with E-state index in [4.69, 9.17) is 17.3 Å². The van der Waals surface area contributed by atoms with Crippen molar-refractivity contribution < 1.29 is 23.1 Å². The molecule has 1 aliphatic heterocycles. The molecule has 2 aromatic heterocycles. The van der Waals surface area contributed by atoms with Crippen LogP contribution in [0.25, 0.3) is 22.2 Å². The molecule has 4 rings (SSSR count). The Morgan fingerprint density at radius 2 is 1.76 bits per heavy atom. The second kappa shape index (κ2) is 8.22. The van der Waals surface area contributed by atoms with Gasteiger partial charge in [0.1, 0.15) is 17.5 Å². The predicted octanol–water partition coefficient (Wildman–Crippen LogP) is 4.36. The minimum Gasteiger partial charge on any atom is -0.465 e. The van der Waals surface area contributed by atoms with E-state index in [9.17, 15) is 23.1 Å². The molecule has 0 unspecified atom stereocenters. The summed E-state index contributed by atoms with van der Waals surface area (Å²) in [5.41, 5.74) is 4.88. The topological polar surface area (TPSA) is 108 Å². The number of benzene rings is 1. The molecule has 1 aliphatic rings. The Morgan fingerprint density at radius 1 is 1.09 bits per heavy atom. The van der Waals surface area contributed by atoms with Gasteiger partial charge in [-0.1, -0.05) is 11.6 Å². The number of piperazine rings is 1. The van der Waals surface area contributed by atoms with Crippen molar-refractivity contribution in [2.75, 3.05) is 36.8 Å². The first-order valence-corrected chi connectivity index (χ1v) is 10.4. The fraction of sp³-hybridized carbons (Fsp3) is 0.333. The third-order valence-electron chi connectivity index (χ3n) is 5.50. The molecule has 174 valence electrons. The molecule has 3 aromatic rings. The average Bonchev–Trinajstić information content (AvgIpc) is 2.71. The van der Waals surface area contributed by atoms with E-state index in [1.165, 1.54) is 30.0 Å². The van der Waals surface area contributed by atoms with Gasteiger partial charge in [0.15, 0.2) is 0 Å². The molecule has 0 saturated carbocycles. The SMILES string of the molecule is Cc1nc(N2CCN(C(=O)O)CC2)c2cc(Cl)c(-c3nc(N)cc(C)c3C(F)(F)F)cc2n1. The standard InChI is InChI=1S/C21H20ClF3N6O2/c1-10-7-16(26)29-18(17(10)21(23,24)25)12-9-15-13(8-14(12)22)19(28-11(2)27-15)30-3-5-31(6-4-30)20(32)33/h7-9H,3-6H2,1-2H3,(H2,26,29)(H,32,33). The van der Waals surface area contributed by atoms with Gasteiger partial charge in [-0.25, -0.2) is 19.7 Å². The molecule has 1 amide bonds. The maximum absolute atomic E-state index is 13.8. The van der Waals surface area contributed by atoms with Gasteiger partial charge in [0.25, 0.3) is 0 Å². The number of alkyl halides is 3. The number of carbonyl (C=O) groups is 1. The molecule has 0 atom stereocenters. The molecule has 0 aliphatic carbocycles.